The van der Waals surface area contributed by atoms with Crippen LogP contribution in [0.2, 0.25) is 0 Å². The van der Waals surface area contributed by atoms with Crippen LogP contribution in [0, 0.1) is 23.6 Å². The molecule has 0 saturated heterocycles. The highest BCUT2D eigenvalue weighted by molar-refractivity contribution is 6.00. The summed E-state index contributed by atoms with van der Waals surface area (Å²) in [6.07, 6.45) is 2.85. The van der Waals surface area contributed by atoms with Crippen LogP contribution < -0.4 is 4.74 Å². The zero-order chi connectivity index (χ0) is 14.0. The maximum absolute atomic E-state index is 13.9. The van der Waals surface area contributed by atoms with Gasteiger partial charge in [0.15, 0.2) is 5.78 Å². The topological polar surface area (TPSA) is 26.3 Å². The average Bonchev–Trinajstić information content (AvgIpc) is 2.36. The fourth-order valence-electron chi connectivity index (χ4n) is 3.28. The Kier molecular flexibility index (Phi) is 4.23. The number of ketones is 1. The van der Waals surface area contributed by atoms with Crippen molar-refractivity contribution in [2.75, 3.05) is 7.11 Å². The molecule has 2 rings (SSSR count). The molecule has 3 heteroatoms. The van der Waals surface area contributed by atoms with Gasteiger partial charge in [0.1, 0.15) is 11.6 Å². The number of rotatable bonds is 3. The van der Waals surface area contributed by atoms with Gasteiger partial charge in [-0.05, 0) is 43.2 Å². The normalized spacial score (nSPS) is 27.1. The smallest absolute Gasteiger partial charge is 0.172 e. The quantitative estimate of drug-likeness (QED) is 0.769. The highest BCUT2D eigenvalue weighted by Crippen LogP contribution is 2.36. The summed E-state index contributed by atoms with van der Waals surface area (Å²) in [5.74, 6) is 0.731. The Balaban J connectivity index is 2.29. The molecule has 0 aliphatic heterocycles. The predicted molar refractivity (Wildman–Crippen MR) is 73.0 cm³/mol. The van der Waals surface area contributed by atoms with E-state index < -0.39 is 5.82 Å². The molecule has 0 bridgehead atoms. The van der Waals surface area contributed by atoms with Crippen LogP contribution in [0.5, 0.6) is 5.75 Å². The van der Waals surface area contributed by atoms with E-state index in [1.807, 2.05) is 0 Å². The van der Waals surface area contributed by atoms with Crippen LogP contribution in [0.15, 0.2) is 18.2 Å². The van der Waals surface area contributed by atoms with Crippen molar-refractivity contribution in [3.8, 4) is 5.75 Å². The van der Waals surface area contributed by atoms with Crippen molar-refractivity contribution in [1.82, 2.24) is 0 Å². The number of hydrogen-bond acceptors (Lipinski definition) is 2. The van der Waals surface area contributed by atoms with E-state index in [2.05, 4.69) is 13.8 Å². The number of carbonyl (C=O) groups is 1. The Labute approximate surface area is 114 Å². The van der Waals surface area contributed by atoms with Gasteiger partial charge in [0.25, 0.3) is 0 Å². The van der Waals surface area contributed by atoms with Crippen molar-refractivity contribution in [3.05, 3.63) is 29.6 Å². The Morgan fingerprint density at radius 3 is 2.42 bits per heavy atom. The highest BCUT2D eigenvalue weighted by Gasteiger charge is 2.32. The van der Waals surface area contributed by atoms with Crippen LogP contribution in [0.25, 0.3) is 0 Å². The van der Waals surface area contributed by atoms with E-state index in [0.717, 1.165) is 19.3 Å². The Hall–Kier alpha value is -1.38. The molecule has 19 heavy (non-hydrogen) atoms. The van der Waals surface area contributed by atoms with Crippen LogP contribution >= 0.6 is 0 Å². The summed E-state index contributed by atoms with van der Waals surface area (Å²) in [4.78, 5) is 12.6. The van der Waals surface area contributed by atoms with Crippen molar-refractivity contribution < 1.29 is 13.9 Å². The van der Waals surface area contributed by atoms with Gasteiger partial charge in [-0.1, -0.05) is 19.9 Å². The molecular formula is C16H21FO2. The molecule has 1 fully saturated rings. The zero-order valence-electron chi connectivity index (χ0n) is 11.8. The highest BCUT2D eigenvalue weighted by atomic mass is 19.1. The number of carbonyl (C=O) groups excluding carboxylic acids is 1. The maximum Gasteiger partial charge on any atom is 0.172 e. The first-order valence-electron chi connectivity index (χ1n) is 6.89. The van der Waals surface area contributed by atoms with Crippen LogP contribution in [0.1, 0.15) is 43.5 Å². The molecule has 0 heterocycles. The van der Waals surface area contributed by atoms with Crippen molar-refractivity contribution in [3.63, 3.8) is 0 Å². The van der Waals surface area contributed by atoms with Crippen LogP contribution in [-0.4, -0.2) is 12.9 Å². The lowest BCUT2D eigenvalue weighted by Crippen LogP contribution is -2.27. The summed E-state index contributed by atoms with van der Waals surface area (Å²) in [6, 6.07) is 4.54. The van der Waals surface area contributed by atoms with Gasteiger partial charge in [-0.2, -0.15) is 0 Å². The van der Waals surface area contributed by atoms with Gasteiger partial charge in [0.2, 0.25) is 0 Å². The van der Waals surface area contributed by atoms with Gasteiger partial charge in [0, 0.05) is 5.92 Å². The molecule has 2 atom stereocenters. The molecule has 1 aromatic carbocycles. The Bertz CT molecular complexity index is 460. The first-order valence-corrected chi connectivity index (χ1v) is 6.89. The number of halogens is 1. The van der Waals surface area contributed by atoms with Crippen molar-refractivity contribution >= 4 is 5.78 Å². The number of Topliss-reactive ketones (excluding diaryl/α,β-unsaturated/α-hetero) is 1. The number of methoxy groups -OCH3 is 1. The molecular weight excluding hydrogens is 243 g/mol. The van der Waals surface area contributed by atoms with E-state index >= 15 is 0 Å². The minimum absolute atomic E-state index is 0.0791. The van der Waals surface area contributed by atoms with Gasteiger partial charge in [-0.15, -0.1) is 0 Å². The standard InChI is InChI=1S/C16H21FO2/c1-10-7-11(2)9-12(8-10)16(18)15-13(17)5-4-6-14(15)19-3/h4-6,10-12H,7-9H2,1-3H3. The first-order chi connectivity index (χ1) is 9.02. The summed E-state index contributed by atoms with van der Waals surface area (Å²) >= 11 is 0. The lowest BCUT2D eigenvalue weighted by Gasteiger charge is -2.30. The third-order valence-corrected chi connectivity index (χ3v) is 3.99. The van der Waals surface area contributed by atoms with E-state index in [1.54, 1.807) is 12.1 Å². The van der Waals surface area contributed by atoms with E-state index in [-0.39, 0.29) is 17.3 Å². The van der Waals surface area contributed by atoms with Gasteiger partial charge in [-0.3, -0.25) is 4.79 Å². The monoisotopic (exact) mass is 264 g/mol. The van der Waals surface area contributed by atoms with Gasteiger partial charge in [0.05, 0.1) is 12.7 Å². The van der Waals surface area contributed by atoms with E-state index in [4.69, 9.17) is 4.74 Å². The third kappa shape index (κ3) is 2.96. The lowest BCUT2D eigenvalue weighted by molar-refractivity contribution is 0.0828. The van der Waals surface area contributed by atoms with Crippen molar-refractivity contribution in [2.24, 2.45) is 17.8 Å². The molecule has 1 aromatic rings. The van der Waals surface area contributed by atoms with Gasteiger partial charge < -0.3 is 4.74 Å². The second-order valence-corrected chi connectivity index (χ2v) is 5.80. The van der Waals surface area contributed by atoms with Crippen molar-refractivity contribution in [2.45, 2.75) is 33.1 Å². The molecule has 0 amide bonds. The second kappa shape index (κ2) is 5.72. The molecule has 1 aliphatic rings. The summed E-state index contributed by atoms with van der Waals surface area (Å²) < 4.78 is 19.1. The number of benzene rings is 1. The molecule has 0 aromatic heterocycles. The molecule has 2 unspecified atom stereocenters. The molecule has 1 aliphatic carbocycles. The lowest BCUT2D eigenvalue weighted by atomic mass is 9.74. The SMILES string of the molecule is COc1cccc(F)c1C(=O)C1CC(C)CC(C)C1. The maximum atomic E-state index is 13.9. The fourth-order valence-corrected chi connectivity index (χ4v) is 3.28. The molecule has 0 spiro atoms. The largest absolute Gasteiger partial charge is 0.496 e. The summed E-state index contributed by atoms with van der Waals surface area (Å²) in [5.41, 5.74) is 0.122. The number of ether oxygens (including phenoxy) is 1. The average molecular weight is 264 g/mol. The Morgan fingerprint density at radius 2 is 1.84 bits per heavy atom. The third-order valence-electron chi connectivity index (χ3n) is 3.99. The van der Waals surface area contributed by atoms with Gasteiger partial charge >= 0.3 is 0 Å². The van der Waals surface area contributed by atoms with E-state index in [0.29, 0.717) is 17.6 Å². The fraction of sp³-hybridized carbons (Fsp3) is 0.562. The van der Waals surface area contributed by atoms with E-state index in [1.165, 1.54) is 13.2 Å². The van der Waals surface area contributed by atoms with E-state index in [9.17, 15) is 9.18 Å². The summed E-state index contributed by atoms with van der Waals surface area (Å²) in [6.45, 7) is 4.32. The minimum Gasteiger partial charge on any atom is -0.496 e. The minimum atomic E-state index is -0.477. The molecule has 104 valence electrons. The summed E-state index contributed by atoms with van der Waals surface area (Å²) in [7, 11) is 1.47. The number of hydrogen-bond donors (Lipinski definition) is 0. The van der Waals surface area contributed by atoms with Gasteiger partial charge in [-0.25, -0.2) is 4.39 Å². The van der Waals surface area contributed by atoms with Crippen LogP contribution in [0.3, 0.4) is 0 Å². The predicted octanol–water partition coefficient (Wildman–Crippen LogP) is 4.09. The molecule has 2 nitrogen and oxygen atoms in total. The summed E-state index contributed by atoms with van der Waals surface area (Å²) in [5, 5.41) is 0. The van der Waals surface area contributed by atoms with Crippen LogP contribution in [0.4, 0.5) is 4.39 Å². The van der Waals surface area contributed by atoms with Crippen molar-refractivity contribution in [1.29, 1.82) is 0 Å². The first kappa shape index (κ1) is 14.0. The molecule has 0 radical (unpaired) electrons. The zero-order valence-corrected chi connectivity index (χ0v) is 11.8. The second-order valence-electron chi connectivity index (χ2n) is 5.80. The Morgan fingerprint density at radius 1 is 1.21 bits per heavy atom. The molecule has 0 N–H and O–H groups in total. The molecule has 1 saturated carbocycles. The van der Waals surface area contributed by atoms with Crippen LogP contribution in [-0.2, 0) is 0 Å².